The molecule has 1 fully saturated rings. The lowest BCUT2D eigenvalue weighted by atomic mass is 10.2. The van der Waals surface area contributed by atoms with Gasteiger partial charge in [-0.15, -0.1) is 0 Å². The van der Waals surface area contributed by atoms with Gasteiger partial charge in [0.1, 0.15) is 17.1 Å². The highest BCUT2D eigenvalue weighted by Crippen LogP contribution is 2.24. The van der Waals surface area contributed by atoms with E-state index in [0.717, 1.165) is 37.3 Å². The Morgan fingerprint density at radius 1 is 1.25 bits per heavy atom. The molecule has 0 saturated carbocycles. The number of rotatable bonds is 6. The van der Waals surface area contributed by atoms with Crippen molar-refractivity contribution < 1.29 is 9.21 Å². The average Bonchev–Trinajstić information content (AvgIpc) is 3.43. The molecule has 0 aromatic carbocycles. The fourth-order valence-corrected chi connectivity index (χ4v) is 3.44. The van der Waals surface area contributed by atoms with E-state index in [9.17, 15) is 9.59 Å². The van der Waals surface area contributed by atoms with Crippen LogP contribution in [0.15, 0.2) is 58.3 Å². The minimum absolute atomic E-state index is 0.0163. The third-order valence-electron chi connectivity index (χ3n) is 4.91. The van der Waals surface area contributed by atoms with Gasteiger partial charge in [-0.2, -0.15) is 0 Å². The second kappa shape index (κ2) is 8.18. The quantitative estimate of drug-likeness (QED) is 0.679. The maximum Gasteiger partial charge on any atom is 0.264 e. The molecular weight excluding hydrogens is 358 g/mol. The molecule has 0 aliphatic carbocycles. The number of carbonyl (C=O) groups is 1. The van der Waals surface area contributed by atoms with Crippen LogP contribution < -0.4 is 10.9 Å². The smallest absolute Gasteiger partial charge is 0.264 e. The largest absolute Gasteiger partial charge is 0.468 e. The average molecular weight is 379 g/mol. The summed E-state index contributed by atoms with van der Waals surface area (Å²) < 4.78 is 5.56. The summed E-state index contributed by atoms with van der Waals surface area (Å²) >= 11 is 0. The van der Waals surface area contributed by atoms with Gasteiger partial charge in [-0.25, -0.2) is 4.98 Å². The van der Waals surface area contributed by atoms with Crippen LogP contribution in [-0.4, -0.2) is 45.4 Å². The Bertz CT molecular complexity index is 979. The molecule has 3 aromatic heterocycles. The van der Waals surface area contributed by atoms with Crippen LogP contribution >= 0.6 is 0 Å². The fraction of sp³-hybridized carbons (Fsp3) is 0.300. The van der Waals surface area contributed by atoms with E-state index in [1.165, 1.54) is 6.20 Å². The van der Waals surface area contributed by atoms with Crippen molar-refractivity contribution in [2.24, 2.45) is 0 Å². The van der Waals surface area contributed by atoms with Crippen LogP contribution in [0.4, 0.5) is 0 Å². The van der Waals surface area contributed by atoms with E-state index in [1.54, 1.807) is 30.8 Å². The lowest BCUT2D eigenvalue weighted by Crippen LogP contribution is -2.38. The van der Waals surface area contributed by atoms with Crippen molar-refractivity contribution >= 4 is 5.91 Å². The number of nitrogens with zero attached hydrogens (tertiary/aromatic N) is 3. The van der Waals surface area contributed by atoms with Crippen molar-refractivity contribution in [2.75, 3.05) is 19.6 Å². The highest BCUT2D eigenvalue weighted by Gasteiger charge is 2.26. The minimum atomic E-state index is -0.477. The Labute approximate surface area is 161 Å². The zero-order valence-electron chi connectivity index (χ0n) is 15.3. The Balaban J connectivity index is 1.48. The monoisotopic (exact) mass is 379 g/mol. The first-order chi connectivity index (χ1) is 13.7. The predicted octanol–water partition coefficient (Wildman–Crippen LogP) is 1.99. The lowest BCUT2D eigenvalue weighted by molar-refractivity contribution is 0.0932. The molecule has 0 spiro atoms. The second-order valence-electron chi connectivity index (χ2n) is 6.69. The van der Waals surface area contributed by atoms with Gasteiger partial charge >= 0.3 is 0 Å². The van der Waals surface area contributed by atoms with Crippen LogP contribution in [0.5, 0.6) is 0 Å². The molecule has 1 atom stereocenters. The Morgan fingerprint density at radius 3 is 2.71 bits per heavy atom. The lowest BCUT2D eigenvalue weighted by Gasteiger charge is -2.25. The number of furan rings is 1. The topological polar surface area (TPSA) is 104 Å². The molecule has 1 amide bonds. The molecule has 0 bridgehead atoms. The summed E-state index contributed by atoms with van der Waals surface area (Å²) in [6, 6.07) is 7.17. The molecule has 1 aliphatic rings. The number of amides is 1. The highest BCUT2D eigenvalue weighted by atomic mass is 16.3. The molecule has 144 valence electrons. The van der Waals surface area contributed by atoms with Gasteiger partial charge in [-0.05, 0) is 50.2 Å². The van der Waals surface area contributed by atoms with Gasteiger partial charge in [0.2, 0.25) is 0 Å². The number of likely N-dealkylation sites (tertiary alicyclic amines) is 1. The molecule has 8 heteroatoms. The van der Waals surface area contributed by atoms with Crippen molar-refractivity contribution in [1.29, 1.82) is 0 Å². The Morgan fingerprint density at radius 2 is 2.04 bits per heavy atom. The van der Waals surface area contributed by atoms with Crippen molar-refractivity contribution in [3.8, 4) is 11.4 Å². The van der Waals surface area contributed by atoms with Crippen molar-refractivity contribution in [3.05, 3.63) is 70.8 Å². The zero-order valence-corrected chi connectivity index (χ0v) is 15.3. The van der Waals surface area contributed by atoms with Crippen LogP contribution in [0.25, 0.3) is 11.4 Å². The van der Waals surface area contributed by atoms with Crippen LogP contribution in [0.3, 0.4) is 0 Å². The first-order valence-corrected chi connectivity index (χ1v) is 9.28. The number of aromatic amines is 1. The van der Waals surface area contributed by atoms with E-state index in [2.05, 4.69) is 25.2 Å². The number of H-pyrrole nitrogens is 1. The van der Waals surface area contributed by atoms with Crippen LogP contribution in [0.1, 0.15) is 35.0 Å². The number of hydrogen-bond acceptors (Lipinski definition) is 6. The van der Waals surface area contributed by atoms with Crippen LogP contribution in [-0.2, 0) is 0 Å². The van der Waals surface area contributed by atoms with E-state index >= 15 is 0 Å². The Kier molecular flexibility index (Phi) is 5.29. The summed E-state index contributed by atoms with van der Waals surface area (Å²) in [5.41, 5.74) is 0.235. The van der Waals surface area contributed by atoms with Crippen molar-refractivity contribution in [1.82, 2.24) is 25.2 Å². The number of aromatic nitrogens is 3. The van der Waals surface area contributed by atoms with E-state index in [1.807, 2.05) is 12.1 Å². The fourth-order valence-electron chi connectivity index (χ4n) is 3.44. The van der Waals surface area contributed by atoms with Gasteiger partial charge in [0, 0.05) is 30.7 Å². The summed E-state index contributed by atoms with van der Waals surface area (Å²) in [4.78, 5) is 38.1. The van der Waals surface area contributed by atoms with E-state index in [0.29, 0.717) is 12.4 Å². The molecule has 8 nitrogen and oxygen atoms in total. The summed E-state index contributed by atoms with van der Waals surface area (Å²) in [5.74, 6) is 0.752. The third kappa shape index (κ3) is 3.86. The van der Waals surface area contributed by atoms with Crippen molar-refractivity contribution in [3.63, 3.8) is 0 Å². The normalized spacial score (nSPS) is 15.4. The maximum absolute atomic E-state index is 12.6. The first-order valence-electron chi connectivity index (χ1n) is 9.28. The van der Waals surface area contributed by atoms with Gasteiger partial charge in [0.05, 0.1) is 12.3 Å². The molecule has 4 heterocycles. The van der Waals surface area contributed by atoms with Gasteiger partial charge < -0.3 is 14.7 Å². The number of nitrogens with one attached hydrogen (secondary N) is 2. The number of pyridine rings is 1. The summed E-state index contributed by atoms with van der Waals surface area (Å²) in [5, 5.41) is 2.85. The van der Waals surface area contributed by atoms with Gasteiger partial charge in [-0.1, -0.05) is 0 Å². The molecule has 3 aromatic rings. The van der Waals surface area contributed by atoms with Crippen LogP contribution in [0.2, 0.25) is 0 Å². The molecule has 28 heavy (non-hydrogen) atoms. The SMILES string of the molecule is O=C(NC[C@@H](c1ccco1)N1CCCC1)c1cnc(-c2ccncc2)[nH]c1=O. The van der Waals surface area contributed by atoms with Crippen LogP contribution in [0, 0.1) is 0 Å². The molecule has 1 saturated heterocycles. The minimum Gasteiger partial charge on any atom is -0.468 e. The molecule has 0 unspecified atom stereocenters. The molecule has 2 N–H and O–H groups in total. The number of hydrogen-bond donors (Lipinski definition) is 2. The molecule has 0 radical (unpaired) electrons. The third-order valence-corrected chi connectivity index (χ3v) is 4.91. The summed E-state index contributed by atoms with van der Waals surface area (Å²) in [6.45, 7) is 2.28. The van der Waals surface area contributed by atoms with E-state index in [-0.39, 0.29) is 11.6 Å². The second-order valence-corrected chi connectivity index (χ2v) is 6.69. The van der Waals surface area contributed by atoms with Crippen molar-refractivity contribution in [2.45, 2.75) is 18.9 Å². The van der Waals surface area contributed by atoms with Gasteiger partial charge in [-0.3, -0.25) is 19.5 Å². The zero-order chi connectivity index (χ0) is 19.3. The number of carbonyl (C=O) groups excluding carboxylic acids is 1. The molecule has 1 aliphatic heterocycles. The molecular formula is C20H21N5O3. The predicted molar refractivity (Wildman–Crippen MR) is 103 cm³/mol. The van der Waals surface area contributed by atoms with E-state index < -0.39 is 11.5 Å². The summed E-state index contributed by atoms with van der Waals surface area (Å²) in [7, 11) is 0. The van der Waals surface area contributed by atoms with Gasteiger partial charge in [0.15, 0.2) is 0 Å². The maximum atomic E-state index is 12.6. The Hall–Kier alpha value is -3.26. The first kappa shape index (κ1) is 18.1. The van der Waals surface area contributed by atoms with E-state index in [4.69, 9.17) is 4.42 Å². The van der Waals surface area contributed by atoms with Gasteiger partial charge in [0.25, 0.3) is 11.5 Å². The summed E-state index contributed by atoms with van der Waals surface area (Å²) in [6.07, 6.45) is 8.43. The highest BCUT2D eigenvalue weighted by molar-refractivity contribution is 5.93. The molecule has 4 rings (SSSR count). The standard InChI is InChI=1S/C20H21N5O3/c26-19(15-12-22-18(24-20(15)27)14-5-7-21-8-6-14)23-13-16(17-4-3-11-28-17)25-9-1-2-10-25/h3-8,11-12,16H,1-2,9-10,13H2,(H,23,26)(H,22,24,27)/t16-/m0/s1.